The molecule has 10 heavy (non-hydrogen) atoms. The molecule has 0 aliphatic carbocycles. The van der Waals surface area contributed by atoms with E-state index < -0.39 is 17.0 Å². The fourth-order valence-corrected chi connectivity index (χ4v) is 0.802. The number of nitriles is 1. The van der Waals surface area contributed by atoms with Crippen LogP contribution >= 0.6 is 0 Å². The lowest BCUT2D eigenvalue weighted by Gasteiger charge is -2.00. The van der Waals surface area contributed by atoms with Gasteiger partial charge >= 0.3 is 0 Å². The highest BCUT2D eigenvalue weighted by atomic mass is 16.6. The van der Waals surface area contributed by atoms with E-state index in [9.17, 15) is 10.1 Å². The molecule has 0 aromatic rings. The first kappa shape index (κ1) is 6.92. The quantitative estimate of drug-likeness (QED) is 0.348. The summed E-state index contributed by atoms with van der Waals surface area (Å²) in [4.78, 5) is 9.69. The Balaban J connectivity index is 2.61. The first-order chi connectivity index (χ1) is 4.75. The van der Waals surface area contributed by atoms with Crippen LogP contribution in [0.2, 0.25) is 0 Å². The molecule has 1 saturated heterocycles. The molecule has 1 aliphatic rings. The van der Waals surface area contributed by atoms with Crippen LogP contribution in [0.15, 0.2) is 0 Å². The summed E-state index contributed by atoms with van der Waals surface area (Å²) < 4.78 is 0. The van der Waals surface area contributed by atoms with Crippen molar-refractivity contribution in [3.05, 3.63) is 10.1 Å². The Labute approximate surface area is 56.9 Å². The first-order valence-electron chi connectivity index (χ1n) is 2.77. The number of hydrogen-bond donors (Lipinski definition) is 2. The fourth-order valence-electron chi connectivity index (χ4n) is 0.802. The molecule has 0 aromatic carbocycles. The molecule has 1 fully saturated rings. The molecule has 6 nitrogen and oxygen atoms in total. The highest BCUT2D eigenvalue weighted by Gasteiger charge is 2.36. The monoisotopic (exact) mass is 142 g/mol. The van der Waals surface area contributed by atoms with Crippen LogP contribution in [0.25, 0.3) is 0 Å². The number of hydrazine groups is 1. The molecule has 0 aromatic heterocycles. The van der Waals surface area contributed by atoms with Crippen LogP contribution in [-0.4, -0.2) is 23.6 Å². The van der Waals surface area contributed by atoms with Crippen molar-refractivity contribution in [2.24, 2.45) is 0 Å². The van der Waals surface area contributed by atoms with E-state index in [1.54, 1.807) is 6.07 Å². The van der Waals surface area contributed by atoms with Crippen molar-refractivity contribution < 1.29 is 4.92 Å². The molecule has 1 heterocycles. The predicted octanol–water partition coefficient (Wildman–Crippen LogP) is -1.37. The third-order valence-electron chi connectivity index (χ3n) is 1.36. The standard InChI is InChI=1S/C4H6N4O2/c5-1-3-4(8(9)10)2-6-7-3/h3-4,6-7H,2H2. The van der Waals surface area contributed by atoms with Crippen molar-refractivity contribution in [3.63, 3.8) is 0 Å². The molecule has 2 atom stereocenters. The summed E-state index contributed by atoms with van der Waals surface area (Å²) in [5.41, 5.74) is 5.03. The second kappa shape index (κ2) is 2.60. The van der Waals surface area contributed by atoms with E-state index in [2.05, 4.69) is 10.9 Å². The van der Waals surface area contributed by atoms with Gasteiger partial charge in [0.15, 0.2) is 6.04 Å². The van der Waals surface area contributed by atoms with E-state index in [4.69, 9.17) is 5.26 Å². The number of nitrogens with zero attached hydrogens (tertiary/aromatic N) is 2. The average molecular weight is 142 g/mol. The van der Waals surface area contributed by atoms with E-state index in [1.165, 1.54) is 0 Å². The van der Waals surface area contributed by atoms with Crippen LogP contribution in [0, 0.1) is 21.4 Å². The zero-order chi connectivity index (χ0) is 7.56. The minimum atomic E-state index is -0.815. The lowest BCUT2D eigenvalue weighted by molar-refractivity contribution is -0.517. The fraction of sp³-hybridized carbons (Fsp3) is 0.750. The minimum absolute atomic E-state index is 0.214. The Morgan fingerprint density at radius 2 is 2.50 bits per heavy atom. The maximum Gasteiger partial charge on any atom is 0.256 e. The summed E-state index contributed by atoms with van der Waals surface area (Å²) in [6.45, 7) is 0.214. The Morgan fingerprint density at radius 1 is 1.80 bits per heavy atom. The topological polar surface area (TPSA) is 91.0 Å². The summed E-state index contributed by atoms with van der Waals surface area (Å²) in [5.74, 6) is 0. The largest absolute Gasteiger partial charge is 0.264 e. The molecule has 54 valence electrons. The third-order valence-corrected chi connectivity index (χ3v) is 1.36. The lowest BCUT2D eigenvalue weighted by Crippen LogP contribution is -2.35. The Bertz CT molecular complexity index is 186. The molecule has 0 bridgehead atoms. The van der Waals surface area contributed by atoms with Gasteiger partial charge in [0.1, 0.15) is 0 Å². The zero-order valence-corrected chi connectivity index (χ0v) is 5.07. The van der Waals surface area contributed by atoms with Gasteiger partial charge in [-0.15, -0.1) is 0 Å². The summed E-state index contributed by atoms with van der Waals surface area (Å²) in [6, 6.07) is 0.266. The van der Waals surface area contributed by atoms with E-state index in [-0.39, 0.29) is 6.54 Å². The molecule has 2 N–H and O–H groups in total. The van der Waals surface area contributed by atoms with Crippen molar-refractivity contribution in [1.29, 1.82) is 5.26 Å². The van der Waals surface area contributed by atoms with Crippen molar-refractivity contribution >= 4 is 0 Å². The molecule has 6 heteroatoms. The number of hydrogen-bond acceptors (Lipinski definition) is 5. The average Bonchev–Trinajstić information content (AvgIpc) is 2.33. The molecular formula is C4H6N4O2. The first-order valence-corrected chi connectivity index (χ1v) is 2.77. The minimum Gasteiger partial charge on any atom is -0.264 e. The van der Waals surface area contributed by atoms with Crippen molar-refractivity contribution in [2.75, 3.05) is 6.54 Å². The molecule has 0 saturated carbocycles. The molecular weight excluding hydrogens is 136 g/mol. The normalized spacial score (nSPS) is 31.5. The van der Waals surface area contributed by atoms with Crippen molar-refractivity contribution in [3.8, 4) is 6.07 Å². The second-order valence-electron chi connectivity index (χ2n) is 1.98. The van der Waals surface area contributed by atoms with Crippen LogP contribution in [0.5, 0.6) is 0 Å². The number of nitro groups is 1. The van der Waals surface area contributed by atoms with Gasteiger partial charge in [0.05, 0.1) is 12.6 Å². The molecule has 0 radical (unpaired) electrons. The number of rotatable bonds is 1. The van der Waals surface area contributed by atoms with Crippen LogP contribution < -0.4 is 10.9 Å². The maximum absolute atomic E-state index is 10.1. The van der Waals surface area contributed by atoms with Gasteiger partial charge in [0.25, 0.3) is 6.04 Å². The summed E-state index contributed by atoms with van der Waals surface area (Å²) in [5, 5.41) is 18.5. The van der Waals surface area contributed by atoms with Crippen LogP contribution in [0.4, 0.5) is 0 Å². The Hall–Kier alpha value is -1.19. The molecule has 1 aliphatic heterocycles. The molecule has 1 rings (SSSR count). The van der Waals surface area contributed by atoms with Gasteiger partial charge in [0.2, 0.25) is 0 Å². The van der Waals surface area contributed by atoms with Gasteiger partial charge in [-0.05, 0) is 0 Å². The third kappa shape index (κ3) is 1.05. The highest BCUT2D eigenvalue weighted by Crippen LogP contribution is 1.99. The highest BCUT2D eigenvalue weighted by molar-refractivity contribution is 4.98. The molecule has 0 spiro atoms. The lowest BCUT2D eigenvalue weighted by atomic mass is 10.2. The zero-order valence-electron chi connectivity index (χ0n) is 5.07. The Morgan fingerprint density at radius 3 is 2.90 bits per heavy atom. The summed E-state index contributed by atoms with van der Waals surface area (Å²) in [7, 11) is 0. The molecule has 0 amide bonds. The van der Waals surface area contributed by atoms with E-state index in [0.29, 0.717) is 0 Å². The maximum atomic E-state index is 10.1. The SMILES string of the molecule is N#CC1NNCC1[N+](=O)[O-]. The van der Waals surface area contributed by atoms with E-state index >= 15 is 0 Å². The van der Waals surface area contributed by atoms with Gasteiger partial charge in [0, 0.05) is 4.92 Å². The van der Waals surface area contributed by atoms with Crippen molar-refractivity contribution in [2.45, 2.75) is 12.1 Å². The summed E-state index contributed by atoms with van der Waals surface area (Å²) >= 11 is 0. The number of nitrogens with one attached hydrogen (secondary N) is 2. The van der Waals surface area contributed by atoms with E-state index in [1.807, 2.05) is 0 Å². The second-order valence-corrected chi connectivity index (χ2v) is 1.98. The summed E-state index contributed by atoms with van der Waals surface area (Å²) in [6.07, 6.45) is 0. The van der Waals surface area contributed by atoms with Crippen LogP contribution in [0.1, 0.15) is 0 Å². The predicted molar refractivity (Wildman–Crippen MR) is 31.3 cm³/mol. The van der Waals surface area contributed by atoms with Gasteiger partial charge in [-0.25, -0.2) is 10.9 Å². The Kier molecular flexibility index (Phi) is 1.80. The smallest absolute Gasteiger partial charge is 0.256 e. The molecule has 2 unspecified atom stereocenters. The van der Waals surface area contributed by atoms with Gasteiger partial charge in [-0.3, -0.25) is 10.1 Å². The van der Waals surface area contributed by atoms with Gasteiger partial charge in [-0.1, -0.05) is 0 Å². The van der Waals surface area contributed by atoms with Gasteiger partial charge < -0.3 is 0 Å². The van der Waals surface area contributed by atoms with Gasteiger partial charge in [-0.2, -0.15) is 5.26 Å². The van der Waals surface area contributed by atoms with Crippen LogP contribution in [-0.2, 0) is 0 Å². The van der Waals surface area contributed by atoms with E-state index in [0.717, 1.165) is 0 Å². The van der Waals surface area contributed by atoms with Crippen LogP contribution in [0.3, 0.4) is 0 Å². The van der Waals surface area contributed by atoms with Crippen molar-refractivity contribution in [1.82, 2.24) is 10.9 Å².